The zero-order valence-electron chi connectivity index (χ0n) is 13.3. The number of nitrogens with zero attached hydrogens (tertiary/aromatic N) is 4. The maximum atomic E-state index is 11.5. The molecule has 0 unspecified atom stereocenters. The van der Waals surface area contributed by atoms with Gasteiger partial charge < -0.3 is 0 Å². The minimum Gasteiger partial charge on any atom is -0.265 e. The zero-order chi connectivity index (χ0) is 17.0. The van der Waals surface area contributed by atoms with Crippen LogP contribution in [0.5, 0.6) is 0 Å². The third kappa shape index (κ3) is 4.26. The van der Waals surface area contributed by atoms with Gasteiger partial charge in [-0.25, -0.2) is 18.1 Å². The van der Waals surface area contributed by atoms with Gasteiger partial charge in [0.15, 0.2) is 5.82 Å². The van der Waals surface area contributed by atoms with E-state index in [1.807, 2.05) is 42.5 Å². The van der Waals surface area contributed by atoms with Crippen molar-refractivity contribution in [3.05, 3.63) is 66.2 Å². The third-order valence-corrected chi connectivity index (χ3v) is 4.50. The van der Waals surface area contributed by atoms with Gasteiger partial charge >= 0.3 is 0 Å². The van der Waals surface area contributed by atoms with Crippen molar-refractivity contribution in [2.75, 3.05) is 12.0 Å². The number of hydrogen-bond acceptors (Lipinski definition) is 5. The Bertz CT molecular complexity index is 906. The molecule has 0 amide bonds. The molecule has 6 nitrogen and oxygen atoms in total. The van der Waals surface area contributed by atoms with Gasteiger partial charge in [-0.15, -0.1) is 0 Å². The molecule has 1 aromatic carbocycles. The first-order valence-electron chi connectivity index (χ1n) is 7.57. The number of benzene rings is 1. The summed E-state index contributed by atoms with van der Waals surface area (Å²) in [6, 6.07) is 13.6. The van der Waals surface area contributed by atoms with Gasteiger partial charge in [0.2, 0.25) is 0 Å². The van der Waals surface area contributed by atoms with E-state index in [-0.39, 0.29) is 5.75 Å². The van der Waals surface area contributed by atoms with Crippen molar-refractivity contribution in [3.63, 3.8) is 0 Å². The van der Waals surface area contributed by atoms with Crippen LogP contribution < -0.4 is 0 Å². The predicted molar refractivity (Wildman–Crippen MR) is 92.2 cm³/mol. The van der Waals surface area contributed by atoms with Crippen LogP contribution in [-0.4, -0.2) is 40.2 Å². The average Bonchev–Trinajstić information content (AvgIpc) is 2.97. The van der Waals surface area contributed by atoms with Gasteiger partial charge in [0.05, 0.1) is 12.3 Å². The van der Waals surface area contributed by atoms with E-state index >= 15 is 0 Å². The van der Waals surface area contributed by atoms with Crippen molar-refractivity contribution in [1.29, 1.82) is 0 Å². The van der Waals surface area contributed by atoms with E-state index in [0.717, 1.165) is 11.1 Å². The Hall–Kier alpha value is -2.54. The summed E-state index contributed by atoms with van der Waals surface area (Å²) in [6.45, 7) is 0.554. The Kier molecular flexibility index (Phi) is 4.71. The number of aromatic nitrogens is 4. The van der Waals surface area contributed by atoms with Gasteiger partial charge in [0.1, 0.15) is 15.7 Å². The van der Waals surface area contributed by atoms with Crippen molar-refractivity contribution in [2.24, 2.45) is 0 Å². The number of rotatable bonds is 6. The first kappa shape index (κ1) is 16.3. The van der Waals surface area contributed by atoms with Gasteiger partial charge in [0, 0.05) is 30.6 Å². The topological polar surface area (TPSA) is 77.7 Å². The standard InChI is InChI=1S/C17H18N4O2S/c1-24(22,23)12-9-16-19-17(15-7-10-18-11-8-15)20-21(16)13-14-5-3-2-4-6-14/h2-8,10-11H,9,12-13H2,1H3. The Morgan fingerprint density at radius 2 is 1.75 bits per heavy atom. The second kappa shape index (κ2) is 6.92. The summed E-state index contributed by atoms with van der Waals surface area (Å²) >= 11 is 0. The van der Waals surface area contributed by atoms with Crippen molar-refractivity contribution < 1.29 is 8.42 Å². The molecule has 2 heterocycles. The smallest absolute Gasteiger partial charge is 0.181 e. The van der Waals surface area contributed by atoms with E-state index in [9.17, 15) is 8.42 Å². The van der Waals surface area contributed by atoms with Gasteiger partial charge in [-0.2, -0.15) is 5.10 Å². The fourth-order valence-corrected chi connectivity index (χ4v) is 2.90. The maximum absolute atomic E-state index is 11.5. The molecule has 7 heteroatoms. The first-order valence-corrected chi connectivity index (χ1v) is 9.63. The van der Waals surface area contributed by atoms with Crippen LogP contribution in [0.4, 0.5) is 0 Å². The number of sulfone groups is 1. The minimum absolute atomic E-state index is 0.0519. The molecular weight excluding hydrogens is 324 g/mol. The van der Waals surface area contributed by atoms with Gasteiger partial charge in [-0.3, -0.25) is 4.98 Å². The molecule has 0 atom stereocenters. The lowest BCUT2D eigenvalue weighted by Gasteiger charge is -2.05. The summed E-state index contributed by atoms with van der Waals surface area (Å²) in [5.74, 6) is 1.30. The maximum Gasteiger partial charge on any atom is 0.181 e. The molecule has 0 aliphatic carbocycles. The van der Waals surface area contributed by atoms with E-state index in [2.05, 4.69) is 15.1 Å². The van der Waals surface area contributed by atoms with Crippen LogP contribution in [0.1, 0.15) is 11.4 Å². The lowest BCUT2D eigenvalue weighted by Crippen LogP contribution is -2.12. The molecule has 0 fully saturated rings. The third-order valence-electron chi connectivity index (χ3n) is 3.56. The summed E-state index contributed by atoms with van der Waals surface area (Å²) < 4.78 is 24.7. The van der Waals surface area contributed by atoms with Crippen LogP contribution in [-0.2, 0) is 22.8 Å². The summed E-state index contributed by atoms with van der Waals surface area (Å²) in [5, 5.41) is 4.56. The van der Waals surface area contributed by atoms with Crippen molar-refractivity contribution in [3.8, 4) is 11.4 Å². The lowest BCUT2D eigenvalue weighted by molar-refractivity contribution is 0.596. The summed E-state index contributed by atoms with van der Waals surface area (Å²) in [7, 11) is -3.06. The van der Waals surface area contributed by atoms with Crippen LogP contribution >= 0.6 is 0 Å². The molecule has 124 valence electrons. The molecule has 0 saturated heterocycles. The summed E-state index contributed by atoms with van der Waals surface area (Å²) in [5.41, 5.74) is 1.95. The van der Waals surface area contributed by atoms with Gasteiger partial charge in [0.25, 0.3) is 0 Å². The van der Waals surface area contributed by atoms with Gasteiger partial charge in [-0.05, 0) is 17.7 Å². The fourth-order valence-electron chi connectivity index (χ4n) is 2.34. The highest BCUT2D eigenvalue weighted by Crippen LogP contribution is 2.16. The van der Waals surface area contributed by atoms with Crippen LogP contribution in [0.15, 0.2) is 54.9 Å². The second-order valence-corrected chi connectivity index (χ2v) is 7.87. The molecule has 0 spiro atoms. The van der Waals surface area contributed by atoms with E-state index in [1.165, 1.54) is 6.26 Å². The predicted octanol–water partition coefficient (Wildman–Crippen LogP) is 1.98. The molecule has 3 rings (SSSR count). The molecule has 0 N–H and O–H groups in total. The van der Waals surface area contributed by atoms with Crippen LogP contribution in [0.3, 0.4) is 0 Å². The van der Waals surface area contributed by atoms with E-state index in [1.54, 1.807) is 17.1 Å². The highest BCUT2D eigenvalue weighted by atomic mass is 32.2. The summed E-state index contributed by atoms with van der Waals surface area (Å²) in [4.78, 5) is 8.53. The van der Waals surface area contributed by atoms with Crippen molar-refractivity contribution in [2.45, 2.75) is 13.0 Å². The molecule has 0 radical (unpaired) electrons. The van der Waals surface area contributed by atoms with E-state index < -0.39 is 9.84 Å². The monoisotopic (exact) mass is 342 g/mol. The minimum atomic E-state index is -3.06. The summed E-state index contributed by atoms with van der Waals surface area (Å²) in [6.07, 6.45) is 4.94. The van der Waals surface area contributed by atoms with Crippen molar-refractivity contribution in [1.82, 2.24) is 19.7 Å². The average molecular weight is 342 g/mol. The van der Waals surface area contributed by atoms with Gasteiger partial charge in [-0.1, -0.05) is 30.3 Å². The highest BCUT2D eigenvalue weighted by molar-refractivity contribution is 7.90. The molecule has 0 aliphatic rings. The Balaban J connectivity index is 1.93. The quantitative estimate of drug-likeness (QED) is 0.684. The lowest BCUT2D eigenvalue weighted by atomic mass is 10.2. The second-order valence-electron chi connectivity index (χ2n) is 5.61. The molecule has 0 aliphatic heterocycles. The normalized spacial score (nSPS) is 11.5. The van der Waals surface area contributed by atoms with Crippen LogP contribution in [0.2, 0.25) is 0 Å². The molecular formula is C17H18N4O2S. The Labute approximate surface area is 141 Å². The Morgan fingerprint density at radius 1 is 1.04 bits per heavy atom. The van der Waals surface area contributed by atoms with Crippen LogP contribution in [0.25, 0.3) is 11.4 Å². The van der Waals surface area contributed by atoms with E-state index in [4.69, 9.17) is 0 Å². The zero-order valence-corrected chi connectivity index (χ0v) is 14.1. The number of hydrogen-bond donors (Lipinski definition) is 0. The SMILES string of the molecule is CS(=O)(=O)CCc1nc(-c2ccncc2)nn1Cc1ccccc1. The largest absolute Gasteiger partial charge is 0.265 e. The number of aryl methyl sites for hydroxylation is 1. The molecule has 24 heavy (non-hydrogen) atoms. The fraction of sp³-hybridized carbons (Fsp3) is 0.235. The molecule has 0 bridgehead atoms. The highest BCUT2D eigenvalue weighted by Gasteiger charge is 2.14. The van der Waals surface area contributed by atoms with Crippen molar-refractivity contribution >= 4 is 9.84 Å². The van der Waals surface area contributed by atoms with E-state index in [0.29, 0.717) is 24.6 Å². The first-order chi connectivity index (χ1) is 11.5. The molecule has 2 aromatic heterocycles. The number of pyridine rings is 1. The van der Waals surface area contributed by atoms with Crippen LogP contribution in [0, 0.1) is 0 Å². The molecule has 3 aromatic rings. The molecule has 0 saturated carbocycles. The Morgan fingerprint density at radius 3 is 2.42 bits per heavy atom.